The van der Waals surface area contributed by atoms with Gasteiger partial charge >= 0.3 is 0 Å². The number of hydrogen-bond donors (Lipinski definition) is 3. The molecular formula is C23H22N6. The first-order valence-corrected chi connectivity index (χ1v) is 9.39. The van der Waals surface area contributed by atoms with E-state index in [0.717, 1.165) is 28.2 Å². The average molecular weight is 382 g/mol. The molecule has 1 aromatic heterocycles. The summed E-state index contributed by atoms with van der Waals surface area (Å²) in [5.74, 6) is 1.93. The van der Waals surface area contributed by atoms with Crippen molar-refractivity contribution in [3.05, 3.63) is 102 Å². The number of nitrogens with zero attached hydrogens (tertiary/aromatic N) is 3. The number of rotatable bonds is 6. The van der Waals surface area contributed by atoms with Crippen LogP contribution in [0.4, 0.5) is 23.0 Å². The van der Waals surface area contributed by atoms with Crippen molar-refractivity contribution in [2.75, 3.05) is 16.8 Å². The summed E-state index contributed by atoms with van der Waals surface area (Å²) in [6.45, 7) is 0. The number of aromatic nitrogens is 3. The average Bonchev–Trinajstić information content (AvgIpc) is 2.72. The van der Waals surface area contributed by atoms with Gasteiger partial charge in [-0.3, -0.25) is 0 Å². The molecular weight excluding hydrogens is 360 g/mol. The molecule has 0 radical (unpaired) electrons. The first-order chi connectivity index (χ1) is 14.1. The first-order valence-electron chi connectivity index (χ1n) is 9.39. The Morgan fingerprint density at radius 1 is 0.586 bits per heavy atom. The molecule has 0 saturated heterocycles. The van der Waals surface area contributed by atoms with Gasteiger partial charge in [0.25, 0.3) is 0 Å². The molecule has 5 N–H and O–H groups in total. The van der Waals surface area contributed by atoms with Gasteiger partial charge in [-0.25, -0.2) is 4.98 Å². The van der Waals surface area contributed by atoms with Crippen molar-refractivity contribution in [1.82, 2.24) is 15.0 Å². The van der Waals surface area contributed by atoms with Gasteiger partial charge in [-0.1, -0.05) is 42.5 Å². The Bertz CT molecular complexity index is 1010. The highest BCUT2D eigenvalue weighted by molar-refractivity contribution is 5.52. The van der Waals surface area contributed by atoms with Gasteiger partial charge < -0.3 is 16.8 Å². The highest BCUT2D eigenvalue weighted by Crippen LogP contribution is 2.16. The van der Waals surface area contributed by atoms with E-state index in [-0.39, 0.29) is 0 Å². The van der Waals surface area contributed by atoms with Crippen LogP contribution in [0.2, 0.25) is 0 Å². The summed E-state index contributed by atoms with van der Waals surface area (Å²) in [6, 6.07) is 25.3. The lowest BCUT2D eigenvalue weighted by molar-refractivity contribution is 0.856. The molecule has 0 fully saturated rings. The zero-order chi connectivity index (χ0) is 20.1. The molecule has 0 aliphatic heterocycles. The summed E-state index contributed by atoms with van der Waals surface area (Å²) < 4.78 is 0. The van der Waals surface area contributed by atoms with Crippen molar-refractivity contribution >= 4 is 23.0 Å². The molecule has 3 aromatic carbocycles. The third kappa shape index (κ3) is 5.07. The summed E-state index contributed by atoms with van der Waals surface area (Å²) >= 11 is 0. The fraction of sp³-hybridized carbons (Fsp3) is 0.0870. The SMILES string of the molecule is Nc1ccc(Cc2nc(Cc3ccc(N)cc3)nc(Nc3ccccc3)n2)cc1. The largest absolute Gasteiger partial charge is 0.399 e. The van der Waals surface area contributed by atoms with Gasteiger partial charge in [-0.2, -0.15) is 9.97 Å². The lowest BCUT2D eigenvalue weighted by atomic mass is 10.1. The molecule has 0 saturated carbocycles. The summed E-state index contributed by atoms with van der Waals surface area (Å²) in [6.07, 6.45) is 1.20. The summed E-state index contributed by atoms with van der Waals surface area (Å²) in [7, 11) is 0. The molecule has 0 aliphatic rings. The molecule has 4 aromatic rings. The van der Waals surface area contributed by atoms with E-state index in [2.05, 4.69) is 20.3 Å². The van der Waals surface area contributed by atoms with Crippen molar-refractivity contribution in [3.63, 3.8) is 0 Å². The van der Waals surface area contributed by atoms with Crippen LogP contribution in [0.3, 0.4) is 0 Å². The van der Waals surface area contributed by atoms with Gasteiger partial charge in [0.05, 0.1) is 0 Å². The molecule has 6 heteroatoms. The maximum absolute atomic E-state index is 5.79. The topological polar surface area (TPSA) is 103 Å². The molecule has 144 valence electrons. The molecule has 0 aliphatic carbocycles. The van der Waals surface area contributed by atoms with Gasteiger partial charge in [-0.05, 0) is 47.5 Å². The first kappa shape index (κ1) is 18.4. The third-order valence-electron chi connectivity index (χ3n) is 4.44. The van der Waals surface area contributed by atoms with Crippen LogP contribution in [0, 0.1) is 0 Å². The number of nitrogens with two attached hydrogens (primary N) is 2. The van der Waals surface area contributed by atoms with E-state index < -0.39 is 0 Å². The minimum absolute atomic E-state index is 0.530. The molecule has 29 heavy (non-hydrogen) atoms. The summed E-state index contributed by atoms with van der Waals surface area (Å²) in [5, 5.41) is 3.27. The minimum Gasteiger partial charge on any atom is -0.399 e. The van der Waals surface area contributed by atoms with Gasteiger partial charge in [0, 0.05) is 29.9 Å². The molecule has 0 atom stereocenters. The Morgan fingerprint density at radius 3 is 1.55 bits per heavy atom. The summed E-state index contributed by atoms with van der Waals surface area (Å²) in [5.41, 5.74) is 16.2. The second-order valence-corrected chi connectivity index (χ2v) is 6.82. The zero-order valence-electron chi connectivity index (χ0n) is 15.9. The Morgan fingerprint density at radius 2 is 1.07 bits per heavy atom. The fourth-order valence-corrected chi connectivity index (χ4v) is 2.97. The maximum atomic E-state index is 5.79. The van der Waals surface area contributed by atoms with Crippen LogP contribution in [0.25, 0.3) is 0 Å². The minimum atomic E-state index is 0.530. The van der Waals surface area contributed by atoms with Gasteiger partial charge in [0.2, 0.25) is 5.95 Å². The molecule has 0 bridgehead atoms. The molecule has 6 nitrogen and oxygen atoms in total. The van der Waals surface area contributed by atoms with Crippen molar-refractivity contribution in [2.24, 2.45) is 0 Å². The van der Waals surface area contributed by atoms with Crippen molar-refractivity contribution in [2.45, 2.75) is 12.8 Å². The predicted molar refractivity (Wildman–Crippen MR) is 117 cm³/mol. The van der Waals surface area contributed by atoms with Crippen molar-refractivity contribution < 1.29 is 0 Å². The van der Waals surface area contributed by atoms with Crippen LogP contribution in [0.5, 0.6) is 0 Å². The number of para-hydroxylation sites is 1. The smallest absolute Gasteiger partial charge is 0.230 e. The summed E-state index contributed by atoms with van der Waals surface area (Å²) in [4.78, 5) is 13.9. The van der Waals surface area contributed by atoms with Crippen LogP contribution in [-0.2, 0) is 12.8 Å². The predicted octanol–water partition coefficient (Wildman–Crippen LogP) is 3.96. The molecule has 0 unspecified atom stereocenters. The standard InChI is InChI=1S/C23H22N6/c24-18-10-6-16(7-11-18)14-21-27-22(15-17-8-12-19(25)13-9-17)29-23(28-21)26-20-4-2-1-3-5-20/h1-13H,14-15,24-25H2,(H,26,27,28,29). The lowest BCUT2D eigenvalue weighted by Crippen LogP contribution is -2.09. The van der Waals surface area contributed by atoms with E-state index in [1.165, 1.54) is 0 Å². The molecule has 1 heterocycles. The Balaban J connectivity index is 1.64. The number of hydrogen-bond acceptors (Lipinski definition) is 6. The van der Waals surface area contributed by atoms with Gasteiger partial charge in [0.15, 0.2) is 0 Å². The van der Waals surface area contributed by atoms with Crippen molar-refractivity contribution in [1.29, 1.82) is 0 Å². The molecule has 0 amide bonds. The highest BCUT2D eigenvalue weighted by atomic mass is 15.2. The number of nitrogen functional groups attached to an aromatic ring is 2. The Labute approximate surface area is 169 Å². The maximum Gasteiger partial charge on any atom is 0.230 e. The Hall–Kier alpha value is -3.93. The van der Waals surface area contributed by atoms with Crippen LogP contribution in [-0.4, -0.2) is 15.0 Å². The third-order valence-corrected chi connectivity index (χ3v) is 4.44. The quantitative estimate of drug-likeness (QED) is 0.436. The van der Waals surface area contributed by atoms with Gasteiger partial charge in [0.1, 0.15) is 11.6 Å². The van der Waals surface area contributed by atoms with Crippen LogP contribution in [0.15, 0.2) is 78.9 Å². The number of anilines is 4. The van der Waals surface area contributed by atoms with E-state index >= 15 is 0 Å². The fourth-order valence-electron chi connectivity index (χ4n) is 2.97. The highest BCUT2D eigenvalue weighted by Gasteiger charge is 2.09. The van der Waals surface area contributed by atoms with E-state index in [4.69, 9.17) is 11.5 Å². The van der Waals surface area contributed by atoms with Crippen LogP contribution < -0.4 is 16.8 Å². The van der Waals surface area contributed by atoms with Gasteiger partial charge in [-0.15, -0.1) is 0 Å². The second kappa shape index (κ2) is 8.39. The van der Waals surface area contributed by atoms with Crippen LogP contribution >= 0.6 is 0 Å². The van der Waals surface area contributed by atoms with Crippen LogP contribution in [0.1, 0.15) is 22.8 Å². The number of nitrogens with one attached hydrogen (secondary N) is 1. The van der Waals surface area contributed by atoms with E-state index in [0.29, 0.717) is 30.4 Å². The number of benzene rings is 3. The normalized spacial score (nSPS) is 10.6. The Kier molecular flexibility index (Phi) is 5.33. The molecule has 4 rings (SSSR count). The molecule has 0 spiro atoms. The zero-order valence-corrected chi connectivity index (χ0v) is 15.9. The van der Waals surface area contributed by atoms with E-state index in [1.54, 1.807) is 0 Å². The van der Waals surface area contributed by atoms with E-state index in [1.807, 2.05) is 78.9 Å². The monoisotopic (exact) mass is 382 g/mol. The lowest BCUT2D eigenvalue weighted by Gasteiger charge is -2.10. The van der Waals surface area contributed by atoms with E-state index in [9.17, 15) is 0 Å². The second-order valence-electron chi connectivity index (χ2n) is 6.82. The van der Waals surface area contributed by atoms with Crippen molar-refractivity contribution in [3.8, 4) is 0 Å².